The number of benzene rings is 1. The summed E-state index contributed by atoms with van der Waals surface area (Å²) in [4.78, 5) is 13.5. The third-order valence-electron chi connectivity index (χ3n) is 4.01. The molecule has 1 amide bonds. The fourth-order valence-corrected chi connectivity index (χ4v) is 4.13. The molecule has 5 heteroatoms. The van der Waals surface area contributed by atoms with Gasteiger partial charge in [-0.05, 0) is 43.5 Å². The number of carbonyl (C=O) groups is 1. The van der Waals surface area contributed by atoms with Crippen LogP contribution in [0.5, 0.6) is 0 Å². The smallest absolute Gasteiger partial charge is 0.227 e. The number of nitrogens with zero attached hydrogens (tertiary/aromatic N) is 1. The van der Waals surface area contributed by atoms with Crippen LogP contribution in [-0.4, -0.2) is 34.2 Å². The lowest BCUT2D eigenvalue weighted by molar-refractivity contribution is -0.117. The first kappa shape index (κ1) is 13.6. The van der Waals surface area contributed by atoms with Gasteiger partial charge in [0.05, 0.1) is 0 Å². The molecule has 0 unspecified atom stereocenters. The third-order valence-corrected chi connectivity index (χ3v) is 5.39. The van der Waals surface area contributed by atoms with Crippen molar-refractivity contribution in [3.8, 4) is 0 Å². The van der Waals surface area contributed by atoms with Gasteiger partial charge in [-0.25, -0.2) is 0 Å². The Balaban J connectivity index is 1.61. The topological polar surface area (TPSA) is 49.4 Å². The van der Waals surface area contributed by atoms with Crippen molar-refractivity contribution in [3.63, 3.8) is 0 Å². The number of anilines is 2. The maximum Gasteiger partial charge on any atom is 0.227 e. The van der Waals surface area contributed by atoms with Crippen molar-refractivity contribution in [2.24, 2.45) is 0 Å². The molecule has 2 fully saturated rings. The van der Waals surface area contributed by atoms with Gasteiger partial charge < -0.3 is 10.2 Å². The summed E-state index contributed by atoms with van der Waals surface area (Å²) >= 11 is 0. The molecule has 0 saturated carbocycles. The summed E-state index contributed by atoms with van der Waals surface area (Å²) in [6.45, 7) is 0.833. The molecule has 2 saturated heterocycles. The standard InChI is InChI=1S/C15H20N2O2S/c18-15-2-1-9-17(15)14-5-3-12(4-6-14)16-13-7-10-20(19)11-8-13/h3-6,13,16H,1-2,7-11H2. The van der Waals surface area contributed by atoms with Crippen LogP contribution in [-0.2, 0) is 15.6 Å². The number of hydrogen-bond donors (Lipinski definition) is 1. The van der Waals surface area contributed by atoms with Gasteiger partial charge in [0, 0.05) is 52.7 Å². The molecule has 0 bridgehead atoms. The van der Waals surface area contributed by atoms with E-state index < -0.39 is 10.8 Å². The van der Waals surface area contributed by atoms with E-state index in [0.717, 1.165) is 48.7 Å². The van der Waals surface area contributed by atoms with E-state index in [2.05, 4.69) is 5.32 Å². The largest absolute Gasteiger partial charge is 0.382 e. The maximum absolute atomic E-state index is 11.7. The van der Waals surface area contributed by atoms with Gasteiger partial charge in [0.2, 0.25) is 5.91 Å². The maximum atomic E-state index is 11.7. The molecule has 0 atom stereocenters. The Labute approximate surface area is 122 Å². The molecule has 0 aromatic heterocycles. The summed E-state index contributed by atoms with van der Waals surface area (Å²) < 4.78 is 11.3. The van der Waals surface area contributed by atoms with Crippen LogP contribution in [0.3, 0.4) is 0 Å². The molecule has 1 aromatic carbocycles. The minimum atomic E-state index is -0.613. The lowest BCUT2D eigenvalue weighted by atomic mass is 10.1. The van der Waals surface area contributed by atoms with E-state index in [0.29, 0.717) is 12.5 Å². The van der Waals surface area contributed by atoms with Crippen LogP contribution in [0, 0.1) is 0 Å². The Morgan fingerprint density at radius 1 is 1.15 bits per heavy atom. The predicted octanol–water partition coefficient (Wildman–Crippen LogP) is 2.14. The second kappa shape index (κ2) is 5.95. The minimum Gasteiger partial charge on any atom is -0.382 e. The quantitative estimate of drug-likeness (QED) is 0.928. The predicted molar refractivity (Wildman–Crippen MR) is 82.6 cm³/mol. The molecule has 2 aliphatic heterocycles. The van der Waals surface area contributed by atoms with Gasteiger partial charge in [0.15, 0.2) is 0 Å². The van der Waals surface area contributed by atoms with E-state index in [1.165, 1.54) is 0 Å². The van der Waals surface area contributed by atoms with Gasteiger partial charge in [-0.2, -0.15) is 0 Å². The van der Waals surface area contributed by atoms with Crippen molar-refractivity contribution >= 4 is 28.1 Å². The van der Waals surface area contributed by atoms with Gasteiger partial charge in [0.25, 0.3) is 0 Å². The van der Waals surface area contributed by atoms with Gasteiger partial charge >= 0.3 is 0 Å². The average molecular weight is 292 g/mol. The van der Waals surface area contributed by atoms with Crippen molar-refractivity contribution in [1.29, 1.82) is 0 Å². The van der Waals surface area contributed by atoms with E-state index >= 15 is 0 Å². The summed E-state index contributed by atoms with van der Waals surface area (Å²) in [6.07, 6.45) is 3.56. The van der Waals surface area contributed by atoms with Crippen molar-refractivity contribution in [2.75, 3.05) is 28.3 Å². The van der Waals surface area contributed by atoms with Crippen molar-refractivity contribution in [3.05, 3.63) is 24.3 Å². The van der Waals surface area contributed by atoms with Crippen molar-refractivity contribution in [1.82, 2.24) is 0 Å². The summed E-state index contributed by atoms with van der Waals surface area (Å²) in [5.74, 6) is 1.83. The molecule has 4 nitrogen and oxygen atoms in total. The molecule has 20 heavy (non-hydrogen) atoms. The summed E-state index contributed by atoms with van der Waals surface area (Å²) in [5, 5.41) is 3.49. The first-order chi connectivity index (χ1) is 9.72. The van der Waals surface area contributed by atoms with Gasteiger partial charge in [-0.3, -0.25) is 9.00 Å². The van der Waals surface area contributed by atoms with Crippen LogP contribution in [0.25, 0.3) is 0 Å². The van der Waals surface area contributed by atoms with Crippen LogP contribution in [0.2, 0.25) is 0 Å². The van der Waals surface area contributed by atoms with Crippen LogP contribution < -0.4 is 10.2 Å². The molecule has 1 N–H and O–H groups in total. The Hall–Kier alpha value is -1.36. The number of hydrogen-bond acceptors (Lipinski definition) is 3. The molecular weight excluding hydrogens is 272 g/mol. The SMILES string of the molecule is O=C1CCCN1c1ccc(NC2CCS(=O)CC2)cc1. The first-order valence-electron chi connectivity index (χ1n) is 7.24. The van der Waals surface area contributed by atoms with E-state index in [1.807, 2.05) is 29.2 Å². The molecule has 108 valence electrons. The fraction of sp³-hybridized carbons (Fsp3) is 0.533. The van der Waals surface area contributed by atoms with Gasteiger partial charge in [-0.15, -0.1) is 0 Å². The monoisotopic (exact) mass is 292 g/mol. The lowest BCUT2D eigenvalue weighted by Gasteiger charge is -2.24. The first-order valence-corrected chi connectivity index (χ1v) is 8.73. The van der Waals surface area contributed by atoms with E-state index in [-0.39, 0.29) is 5.91 Å². The Kier molecular flexibility index (Phi) is 4.05. The molecule has 2 heterocycles. The van der Waals surface area contributed by atoms with Gasteiger partial charge in [-0.1, -0.05) is 0 Å². The molecule has 1 aromatic rings. The minimum absolute atomic E-state index is 0.223. The third kappa shape index (κ3) is 3.03. The second-order valence-electron chi connectivity index (χ2n) is 5.46. The molecule has 2 aliphatic rings. The zero-order valence-electron chi connectivity index (χ0n) is 11.5. The molecule has 0 aliphatic carbocycles. The van der Waals surface area contributed by atoms with Crippen LogP contribution in [0.15, 0.2) is 24.3 Å². The zero-order chi connectivity index (χ0) is 13.9. The number of rotatable bonds is 3. The molecule has 0 spiro atoms. The van der Waals surface area contributed by atoms with Crippen LogP contribution >= 0.6 is 0 Å². The fourth-order valence-electron chi connectivity index (χ4n) is 2.83. The summed E-state index contributed by atoms with van der Waals surface area (Å²) in [6, 6.07) is 8.50. The molecule has 0 radical (unpaired) electrons. The van der Waals surface area contributed by atoms with Crippen molar-refractivity contribution in [2.45, 2.75) is 31.7 Å². The average Bonchev–Trinajstić information content (AvgIpc) is 2.89. The van der Waals surface area contributed by atoms with E-state index in [1.54, 1.807) is 0 Å². The highest BCUT2D eigenvalue weighted by atomic mass is 32.2. The highest BCUT2D eigenvalue weighted by molar-refractivity contribution is 7.85. The van der Waals surface area contributed by atoms with Crippen LogP contribution in [0.1, 0.15) is 25.7 Å². The van der Waals surface area contributed by atoms with Gasteiger partial charge in [0.1, 0.15) is 0 Å². The van der Waals surface area contributed by atoms with E-state index in [4.69, 9.17) is 0 Å². The second-order valence-corrected chi connectivity index (χ2v) is 7.16. The summed E-state index contributed by atoms with van der Waals surface area (Å²) in [7, 11) is -0.613. The zero-order valence-corrected chi connectivity index (χ0v) is 12.3. The number of nitrogens with one attached hydrogen (secondary N) is 1. The van der Waals surface area contributed by atoms with E-state index in [9.17, 15) is 9.00 Å². The number of amides is 1. The highest BCUT2D eigenvalue weighted by Gasteiger charge is 2.21. The number of carbonyl (C=O) groups excluding carboxylic acids is 1. The summed E-state index contributed by atoms with van der Waals surface area (Å²) in [5.41, 5.74) is 2.07. The molecule has 3 rings (SSSR count). The van der Waals surface area contributed by atoms with Crippen LogP contribution in [0.4, 0.5) is 11.4 Å². The normalized spacial score (nSPS) is 26.8. The lowest BCUT2D eigenvalue weighted by Crippen LogP contribution is -2.29. The van der Waals surface area contributed by atoms with Crippen molar-refractivity contribution < 1.29 is 9.00 Å². The molecular formula is C15H20N2O2S. The Bertz CT molecular complexity index is 505. The Morgan fingerprint density at radius 2 is 1.85 bits per heavy atom. The Morgan fingerprint density at radius 3 is 2.45 bits per heavy atom. The highest BCUT2D eigenvalue weighted by Crippen LogP contribution is 2.24.